The molecule has 9 nitrogen and oxygen atoms in total. The van der Waals surface area contributed by atoms with Gasteiger partial charge in [0.05, 0.1) is 13.2 Å². The molecule has 5 heterocycles. The number of nitriles is 1. The van der Waals surface area contributed by atoms with Crippen LogP contribution >= 0.6 is 0 Å². The monoisotopic (exact) mass is 432 g/mol. The lowest BCUT2D eigenvalue weighted by Gasteiger charge is -2.39. The molecule has 2 fully saturated rings. The Bertz CT molecular complexity index is 1140. The molecule has 0 spiro atoms. The summed E-state index contributed by atoms with van der Waals surface area (Å²) in [6, 6.07) is 9.56. The summed E-state index contributed by atoms with van der Waals surface area (Å²) in [6.45, 7) is 2.83. The van der Waals surface area contributed by atoms with Crippen molar-refractivity contribution in [3.63, 3.8) is 0 Å². The molecule has 2 aliphatic heterocycles. The zero-order valence-electron chi connectivity index (χ0n) is 18.4. The summed E-state index contributed by atoms with van der Waals surface area (Å²) in [4.78, 5) is 12.0. The number of methoxy groups -OCH3 is 1. The standard InChI is InChI=1S/C23H28N8O/c1-14-11-19(30-29-14)27-23-21(32-2)20-18(5-3-9-25-20)22(28-23)26-15-12-16-6-7-17(13-15)31(16)10-4-8-24/h3,5,9,11,15-17H,4,6-7,10,12-13H2,1-2H3,(H3,26,27,28,29,30)/t15?,16-,17+. The lowest BCUT2D eigenvalue weighted by atomic mass is 9.97. The lowest BCUT2D eigenvalue weighted by Crippen LogP contribution is -2.47. The second-order valence-corrected chi connectivity index (χ2v) is 8.65. The molecule has 5 rings (SSSR count). The molecule has 1 unspecified atom stereocenters. The number of aryl methyl sites for hydroxylation is 1. The molecule has 2 saturated heterocycles. The van der Waals surface area contributed by atoms with Crippen LogP contribution in [0, 0.1) is 18.3 Å². The first-order chi connectivity index (χ1) is 15.7. The van der Waals surface area contributed by atoms with Gasteiger partial charge in [-0.2, -0.15) is 10.4 Å². The second kappa shape index (κ2) is 8.63. The first-order valence-corrected chi connectivity index (χ1v) is 11.2. The van der Waals surface area contributed by atoms with E-state index in [1.807, 2.05) is 25.1 Å². The van der Waals surface area contributed by atoms with E-state index in [0.29, 0.717) is 41.9 Å². The van der Waals surface area contributed by atoms with Gasteiger partial charge in [0.25, 0.3) is 0 Å². The van der Waals surface area contributed by atoms with Crippen LogP contribution in [0.5, 0.6) is 5.75 Å². The zero-order chi connectivity index (χ0) is 22.1. The fourth-order valence-corrected chi connectivity index (χ4v) is 5.23. The van der Waals surface area contributed by atoms with Gasteiger partial charge in [0, 0.05) is 54.4 Å². The van der Waals surface area contributed by atoms with E-state index < -0.39 is 0 Å². The molecular weight excluding hydrogens is 404 g/mol. The molecule has 3 aromatic rings. The van der Waals surface area contributed by atoms with Gasteiger partial charge in [0.1, 0.15) is 11.3 Å². The summed E-state index contributed by atoms with van der Waals surface area (Å²) in [7, 11) is 1.63. The Morgan fingerprint density at radius 1 is 1.28 bits per heavy atom. The number of H-pyrrole nitrogens is 1. The van der Waals surface area contributed by atoms with Gasteiger partial charge in [-0.25, -0.2) is 4.98 Å². The van der Waals surface area contributed by atoms with Gasteiger partial charge in [0.15, 0.2) is 17.4 Å². The third kappa shape index (κ3) is 3.82. The highest BCUT2D eigenvalue weighted by atomic mass is 16.5. The van der Waals surface area contributed by atoms with E-state index in [1.165, 1.54) is 12.8 Å². The van der Waals surface area contributed by atoms with Gasteiger partial charge in [-0.3, -0.25) is 15.0 Å². The van der Waals surface area contributed by atoms with Gasteiger partial charge in [-0.05, 0) is 44.7 Å². The topological polar surface area (TPSA) is 115 Å². The first-order valence-electron chi connectivity index (χ1n) is 11.2. The maximum absolute atomic E-state index is 8.99. The molecule has 166 valence electrons. The summed E-state index contributed by atoms with van der Waals surface area (Å²) in [5, 5.41) is 24.1. The maximum atomic E-state index is 8.99. The SMILES string of the molecule is COc1c(Nc2cc(C)[nH]n2)nc(NC2C[C@H]3CC[C@@H](C2)N3CCC#N)c2cccnc12. The molecule has 2 bridgehead atoms. The van der Waals surface area contributed by atoms with Crippen molar-refractivity contribution in [2.45, 2.75) is 57.2 Å². The molecule has 3 atom stereocenters. The van der Waals surface area contributed by atoms with E-state index in [4.69, 9.17) is 15.0 Å². The minimum Gasteiger partial charge on any atom is -0.491 e. The number of aromatic nitrogens is 4. The fourth-order valence-electron chi connectivity index (χ4n) is 5.23. The highest BCUT2D eigenvalue weighted by molar-refractivity contribution is 5.97. The Hall–Kier alpha value is -3.38. The fraction of sp³-hybridized carbons (Fsp3) is 0.478. The smallest absolute Gasteiger partial charge is 0.188 e. The van der Waals surface area contributed by atoms with Gasteiger partial charge >= 0.3 is 0 Å². The van der Waals surface area contributed by atoms with Crippen LogP contribution in [0.4, 0.5) is 17.5 Å². The predicted octanol–water partition coefficient (Wildman–Crippen LogP) is 3.73. The average Bonchev–Trinajstić information content (AvgIpc) is 3.31. The Labute approximate surface area is 187 Å². The third-order valence-electron chi connectivity index (χ3n) is 6.58. The maximum Gasteiger partial charge on any atom is 0.188 e. The Morgan fingerprint density at radius 2 is 2.09 bits per heavy atom. The van der Waals surface area contributed by atoms with Crippen LogP contribution in [-0.2, 0) is 0 Å². The number of hydrogen-bond acceptors (Lipinski definition) is 8. The number of aromatic amines is 1. The van der Waals surface area contributed by atoms with Crippen LogP contribution in [0.1, 0.15) is 37.8 Å². The highest BCUT2D eigenvalue weighted by Crippen LogP contribution is 2.39. The molecule has 0 aliphatic carbocycles. The van der Waals surface area contributed by atoms with Crippen molar-refractivity contribution in [3.8, 4) is 11.8 Å². The van der Waals surface area contributed by atoms with E-state index >= 15 is 0 Å². The van der Waals surface area contributed by atoms with Crippen molar-refractivity contribution in [3.05, 3.63) is 30.1 Å². The number of piperidine rings is 1. The van der Waals surface area contributed by atoms with Crippen LogP contribution in [0.15, 0.2) is 24.4 Å². The van der Waals surface area contributed by atoms with E-state index in [2.05, 4.69) is 36.8 Å². The summed E-state index contributed by atoms with van der Waals surface area (Å²) in [5.41, 5.74) is 1.72. The van der Waals surface area contributed by atoms with Crippen molar-refractivity contribution in [1.82, 2.24) is 25.1 Å². The first kappa shape index (κ1) is 20.5. The molecule has 2 aliphatic rings. The van der Waals surface area contributed by atoms with Crippen LogP contribution < -0.4 is 15.4 Å². The van der Waals surface area contributed by atoms with Crippen molar-refractivity contribution in [2.75, 3.05) is 24.3 Å². The van der Waals surface area contributed by atoms with E-state index in [0.717, 1.165) is 41.8 Å². The molecule has 0 radical (unpaired) electrons. The van der Waals surface area contributed by atoms with E-state index in [9.17, 15) is 0 Å². The van der Waals surface area contributed by atoms with E-state index in [-0.39, 0.29) is 0 Å². The summed E-state index contributed by atoms with van der Waals surface area (Å²) in [6.07, 6.45) is 6.89. The molecular formula is C23H28N8O. The van der Waals surface area contributed by atoms with Crippen LogP contribution in [0.3, 0.4) is 0 Å². The molecule has 0 amide bonds. The molecule has 9 heteroatoms. The number of anilines is 3. The minimum atomic E-state index is 0.329. The zero-order valence-corrected chi connectivity index (χ0v) is 18.4. The lowest BCUT2D eigenvalue weighted by molar-refractivity contribution is 0.136. The van der Waals surface area contributed by atoms with Crippen LogP contribution in [0.25, 0.3) is 10.9 Å². The largest absolute Gasteiger partial charge is 0.491 e. The van der Waals surface area contributed by atoms with Crippen molar-refractivity contribution < 1.29 is 4.74 Å². The van der Waals surface area contributed by atoms with Crippen molar-refractivity contribution in [1.29, 1.82) is 5.26 Å². The van der Waals surface area contributed by atoms with E-state index in [1.54, 1.807) is 13.3 Å². The molecule has 0 saturated carbocycles. The number of nitrogens with one attached hydrogen (secondary N) is 3. The van der Waals surface area contributed by atoms with Crippen LogP contribution in [-0.4, -0.2) is 56.8 Å². The van der Waals surface area contributed by atoms with Gasteiger partial charge in [-0.15, -0.1) is 0 Å². The minimum absolute atomic E-state index is 0.329. The van der Waals surface area contributed by atoms with Crippen molar-refractivity contribution >= 4 is 28.4 Å². The Kier molecular flexibility index (Phi) is 5.53. The molecule has 3 N–H and O–H groups in total. The molecule has 3 aromatic heterocycles. The number of ether oxygens (including phenoxy) is 1. The average molecular weight is 433 g/mol. The highest BCUT2D eigenvalue weighted by Gasteiger charge is 2.40. The van der Waals surface area contributed by atoms with Gasteiger partial charge in [0.2, 0.25) is 0 Å². The summed E-state index contributed by atoms with van der Waals surface area (Å²) < 4.78 is 5.69. The van der Waals surface area contributed by atoms with Gasteiger partial charge in [-0.1, -0.05) is 0 Å². The Morgan fingerprint density at radius 3 is 2.78 bits per heavy atom. The van der Waals surface area contributed by atoms with Crippen molar-refractivity contribution in [2.24, 2.45) is 0 Å². The third-order valence-corrected chi connectivity index (χ3v) is 6.58. The predicted molar refractivity (Wildman–Crippen MR) is 123 cm³/mol. The number of pyridine rings is 2. The summed E-state index contributed by atoms with van der Waals surface area (Å²) >= 11 is 0. The number of hydrogen-bond donors (Lipinski definition) is 3. The second-order valence-electron chi connectivity index (χ2n) is 8.65. The summed E-state index contributed by atoms with van der Waals surface area (Å²) in [5.74, 6) is 2.66. The number of nitrogens with zero attached hydrogens (tertiary/aromatic N) is 5. The Balaban J connectivity index is 1.44. The molecule has 0 aromatic carbocycles. The quantitative estimate of drug-likeness (QED) is 0.517. The van der Waals surface area contributed by atoms with Crippen LogP contribution in [0.2, 0.25) is 0 Å². The number of rotatable bonds is 7. The normalized spacial score (nSPS) is 22.6. The number of fused-ring (bicyclic) bond motifs is 3. The van der Waals surface area contributed by atoms with Gasteiger partial charge < -0.3 is 15.4 Å². The molecule has 32 heavy (non-hydrogen) atoms.